The first-order valence-corrected chi connectivity index (χ1v) is 23.6. The van der Waals surface area contributed by atoms with Crippen LogP contribution in [0.1, 0.15) is 114 Å². The van der Waals surface area contributed by atoms with Gasteiger partial charge in [-0.25, -0.2) is 0 Å². The van der Waals surface area contributed by atoms with Crippen LogP contribution in [-0.4, -0.2) is 169 Å². The molecule has 65 heavy (non-hydrogen) atoms. The van der Waals surface area contributed by atoms with Crippen LogP contribution in [0.3, 0.4) is 0 Å². The highest BCUT2D eigenvalue weighted by atomic mass is 16.7. The second-order valence-electron chi connectivity index (χ2n) is 20.2. The van der Waals surface area contributed by atoms with Crippen LogP contribution in [0.25, 0.3) is 0 Å². The molecule has 0 saturated carbocycles. The molecule has 1 aromatic heterocycles. The Morgan fingerprint density at radius 3 is 2.09 bits per heavy atom. The van der Waals surface area contributed by atoms with Crippen LogP contribution in [-0.2, 0) is 58.7 Å². The normalized spacial score (nSPS) is 41.5. The summed E-state index contributed by atoms with van der Waals surface area (Å²) in [6.07, 6.45) is -1.34. The van der Waals surface area contributed by atoms with Gasteiger partial charge in [-0.2, -0.15) is 0 Å². The van der Waals surface area contributed by atoms with Gasteiger partial charge in [-0.15, -0.1) is 0 Å². The van der Waals surface area contributed by atoms with E-state index in [9.17, 15) is 24.6 Å². The number of pyridine rings is 1. The summed E-state index contributed by atoms with van der Waals surface area (Å²) in [5.74, 6) is -4.86. The average molecular weight is 922 g/mol. The molecule has 18 atom stereocenters. The fourth-order valence-electron chi connectivity index (χ4n) is 10.7. The number of carbonyl (C=O) groups is 3. The third-order valence-corrected chi connectivity index (χ3v) is 14.7. The van der Waals surface area contributed by atoms with Gasteiger partial charge in [0.25, 0.3) is 0 Å². The number of likely N-dealkylation sites (N-methyl/N-ethyl adjacent to an activating group) is 2. The number of methoxy groups -OCH3 is 2. The minimum atomic E-state index is -1.98. The maximum Gasteiger partial charge on any atom is 0.311 e. The van der Waals surface area contributed by atoms with E-state index in [-0.39, 0.29) is 43.2 Å². The van der Waals surface area contributed by atoms with Crippen LogP contribution in [0.4, 0.5) is 0 Å². The Balaban J connectivity index is 1.84. The van der Waals surface area contributed by atoms with E-state index in [0.717, 1.165) is 25.8 Å². The summed E-state index contributed by atoms with van der Waals surface area (Å²) in [5, 5.41) is 23.5. The molecule has 3 fully saturated rings. The van der Waals surface area contributed by atoms with Crippen molar-refractivity contribution in [3.63, 3.8) is 0 Å². The summed E-state index contributed by atoms with van der Waals surface area (Å²) in [6.45, 7) is 19.8. The zero-order valence-electron chi connectivity index (χ0n) is 42.1. The summed E-state index contributed by atoms with van der Waals surface area (Å²) in [7, 11) is 9.27. The van der Waals surface area contributed by atoms with Gasteiger partial charge < -0.3 is 57.9 Å². The zero-order valence-corrected chi connectivity index (χ0v) is 42.1. The summed E-state index contributed by atoms with van der Waals surface area (Å²) < 4.78 is 51.9. The van der Waals surface area contributed by atoms with Gasteiger partial charge >= 0.3 is 11.9 Å². The van der Waals surface area contributed by atoms with E-state index in [1.54, 1.807) is 41.7 Å². The number of Topliss-reactive ketones (excluding diaryl/α,β-unsaturated/α-hetero) is 1. The molecule has 4 heterocycles. The number of hydrogen-bond donors (Lipinski definition) is 2. The number of aliphatic hydroxyl groups is 2. The molecule has 16 heteroatoms. The lowest BCUT2D eigenvalue weighted by Crippen LogP contribution is -2.64. The van der Waals surface area contributed by atoms with Crippen molar-refractivity contribution < 1.29 is 62.5 Å². The van der Waals surface area contributed by atoms with Crippen molar-refractivity contribution in [2.45, 2.75) is 199 Å². The predicted octanol–water partition coefficient (Wildman–Crippen LogP) is 4.98. The molecule has 0 radical (unpaired) electrons. The summed E-state index contributed by atoms with van der Waals surface area (Å²) in [6, 6.07) is 3.85. The van der Waals surface area contributed by atoms with Crippen LogP contribution in [0.2, 0.25) is 0 Å². The largest absolute Gasteiger partial charge is 0.459 e. The molecule has 2 N–H and O–H groups in total. The fourth-order valence-corrected chi connectivity index (χ4v) is 10.7. The second kappa shape index (κ2) is 23.1. The Bertz CT molecular complexity index is 1690. The lowest BCUT2D eigenvalue weighted by Gasteiger charge is -2.52. The first kappa shape index (κ1) is 55.0. The van der Waals surface area contributed by atoms with Crippen molar-refractivity contribution in [2.75, 3.05) is 41.9 Å². The molecule has 3 saturated heterocycles. The molecule has 0 aromatic carbocycles. The molecular formula is C49H83N3O13. The Labute approximate surface area is 388 Å². The molecule has 0 bridgehead atoms. The number of carbonyl (C=O) groups excluding carboxylic acids is 3. The highest BCUT2D eigenvalue weighted by Crippen LogP contribution is 2.42. The molecule has 3 aliphatic rings. The van der Waals surface area contributed by atoms with Crippen LogP contribution in [0.5, 0.6) is 0 Å². The summed E-state index contributed by atoms with van der Waals surface area (Å²) in [5.41, 5.74) is -3.00. The highest BCUT2D eigenvalue weighted by molar-refractivity contribution is 5.83. The Morgan fingerprint density at radius 1 is 0.908 bits per heavy atom. The minimum Gasteiger partial charge on any atom is -0.459 e. The van der Waals surface area contributed by atoms with Gasteiger partial charge in [0.2, 0.25) is 0 Å². The van der Waals surface area contributed by atoms with Crippen LogP contribution in [0, 0.1) is 23.7 Å². The van der Waals surface area contributed by atoms with Gasteiger partial charge in [0, 0.05) is 63.8 Å². The van der Waals surface area contributed by atoms with E-state index < -0.39 is 102 Å². The maximum absolute atomic E-state index is 14.6. The Hall–Kier alpha value is -2.64. The lowest BCUT2D eigenvalue weighted by molar-refractivity contribution is -0.315. The number of cyclic esters (lactones) is 1. The van der Waals surface area contributed by atoms with Gasteiger partial charge in [-0.05, 0) is 119 Å². The third kappa shape index (κ3) is 12.9. The number of hydrogen-bond acceptors (Lipinski definition) is 16. The van der Waals surface area contributed by atoms with Crippen molar-refractivity contribution in [3.8, 4) is 0 Å². The quantitative estimate of drug-likeness (QED) is 0.238. The predicted molar refractivity (Wildman–Crippen MR) is 244 cm³/mol. The third-order valence-electron chi connectivity index (χ3n) is 14.7. The standard InChI is InChI=1S/C49H83N3O13/c1-17-37-49(11,57)42(55)30(4)40(54)28(2)26-47(9,58-15)43(65-46-39(51(12)13)36(25-29(3)60-46)52(14)24-18-19-35-20-22-50-23-21-35)31(5)41(32(6)45(56)63-37)64-38-27-48(10,59-16)44(33(7)61-38)62-34(8)53/h20-23,28-33,36-39,41-44,46,55,57H,17-19,24-27H2,1-16H3/t28-,29-,30+,31+,32-,33+,36-,37-,38+,39+,41+,42-,43-,44+,46+,47+,48-,49-/m1/s1. The first-order chi connectivity index (χ1) is 30.3. The van der Waals surface area contributed by atoms with E-state index in [4.69, 9.17) is 37.9 Å². The number of esters is 2. The van der Waals surface area contributed by atoms with Crippen LogP contribution in [0.15, 0.2) is 24.5 Å². The smallest absolute Gasteiger partial charge is 0.311 e. The Kier molecular flexibility index (Phi) is 19.5. The molecule has 0 unspecified atom stereocenters. The van der Waals surface area contributed by atoms with E-state index in [0.29, 0.717) is 0 Å². The highest BCUT2D eigenvalue weighted by Gasteiger charge is 2.55. The topological polar surface area (TPSA) is 185 Å². The van der Waals surface area contributed by atoms with Gasteiger partial charge in [0.15, 0.2) is 18.7 Å². The number of aliphatic hydroxyl groups excluding tert-OH is 1. The molecule has 0 aliphatic carbocycles. The van der Waals surface area contributed by atoms with E-state index in [1.807, 2.05) is 66.3 Å². The van der Waals surface area contributed by atoms with E-state index in [2.05, 4.69) is 21.8 Å². The zero-order chi connectivity index (χ0) is 48.8. The van der Waals surface area contributed by atoms with Crippen molar-refractivity contribution in [2.24, 2.45) is 23.7 Å². The molecule has 4 rings (SSSR count). The fraction of sp³-hybridized carbons (Fsp3) is 0.837. The molecule has 1 aromatic rings. The molecule has 3 aliphatic heterocycles. The number of nitrogens with zero attached hydrogens (tertiary/aromatic N) is 3. The van der Waals surface area contributed by atoms with Crippen LogP contribution < -0.4 is 0 Å². The van der Waals surface area contributed by atoms with Crippen molar-refractivity contribution >= 4 is 17.7 Å². The van der Waals surface area contributed by atoms with Gasteiger partial charge in [0.1, 0.15) is 23.1 Å². The van der Waals surface area contributed by atoms with Gasteiger partial charge in [-0.1, -0.05) is 27.7 Å². The average Bonchev–Trinajstić information content (AvgIpc) is 3.25. The van der Waals surface area contributed by atoms with E-state index in [1.165, 1.54) is 26.5 Å². The summed E-state index contributed by atoms with van der Waals surface area (Å²) >= 11 is 0. The molecule has 0 amide bonds. The minimum absolute atomic E-state index is 0.0235. The van der Waals surface area contributed by atoms with Gasteiger partial charge in [0.05, 0.1) is 48.1 Å². The van der Waals surface area contributed by atoms with Crippen LogP contribution >= 0.6 is 0 Å². The second-order valence-corrected chi connectivity index (χ2v) is 20.2. The Morgan fingerprint density at radius 2 is 1.52 bits per heavy atom. The lowest BCUT2D eigenvalue weighted by atomic mass is 9.73. The number of aromatic nitrogens is 1. The van der Waals surface area contributed by atoms with Crippen molar-refractivity contribution in [1.29, 1.82) is 0 Å². The number of ether oxygens (including phenoxy) is 8. The molecular weight excluding hydrogens is 839 g/mol. The number of aryl methyl sites for hydroxylation is 1. The monoisotopic (exact) mass is 922 g/mol. The maximum atomic E-state index is 14.6. The van der Waals surface area contributed by atoms with E-state index >= 15 is 0 Å². The summed E-state index contributed by atoms with van der Waals surface area (Å²) in [4.78, 5) is 49.8. The SMILES string of the molecule is CC[C@H]1OC(=O)[C@H](C)[C@@H](O[C@H]2C[C@@](C)(OC)[C@@H](OC(C)=O)[C@H](C)O2)[C@H](C)[C@@H](O[C@@H]2O[C@H](C)C[C@@H](N(C)CCCc3ccncc3)[C@@H]2N(C)C)[C@@](C)(OC)C[C@@H](C)C(=O)[C@H](C)[C@@H](O)[C@]1(C)O. The van der Waals surface area contributed by atoms with Crippen molar-refractivity contribution in [3.05, 3.63) is 30.1 Å². The van der Waals surface area contributed by atoms with Crippen molar-refractivity contribution in [1.82, 2.24) is 14.8 Å². The number of rotatable bonds is 14. The molecule has 372 valence electrons. The van der Waals surface area contributed by atoms with Gasteiger partial charge in [-0.3, -0.25) is 19.4 Å². The first-order valence-electron chi connectivity index (χ1n) is 23.6. The molecule has 0 spiro atoms. The molecule has 16 nitrogen and oxygen atoms in total. The number of ketones is 1.